The lowest BCUT2D eigenvalue weighted by atomic mass is 10.1. The first-order chi connectivity index (χ1) is 9.06. The Kier molecular flexibility index (Phi) is 3.85. The molecular weight excluding hydrogens is 255 g/mol. The molecule has 0 aliphatic heterocycles. The van der Waals surface area contributed by atoms with E-state index in [-0.39, 0.29) is 12.1 Å². The summed E-state index contributed by atoms with van der Waals surface area (Å²) in [4.78, 5) is 11.7. The molecule has 19 heavy (non-hydrogen) atoms. The molecule has 0 fully saturated rings. The van der Waals surface area contributed by atoms with Gasteiger partial charge in [-0.3, -0.25) is 4.79 Å². The van der Waals surface area contributed by atoms with Crippen molar-refractivity contribution in [1.29, 1.82) is 0 Å². The third-order valence-electron chi connectivity index (χ3n) is 2.52. The van der Waals surface area contributed by atoms with Gasteiger partial charge in [0.1, 0.15) is 17.5 Å². The summed E-state index contributed by atoms with van der Waals surface area (Å²) in [7, 11) is 0. The number of halogens is 3. The van der Waals surface area contributed by atoms with Crippen LogP contribution in [0.5, 0.6) is 0 Å². The molecule has 0 aliphatic carbocycles. The van der Waals surface area contributed by atoms with Gasteiger partial charge in [0.25, 0.3) is 5.91 Å². The molecular formula is C14H10F3NO. The van der Waals surface area contributed by atoms with E-state index in [9.17, 15) is 18.0 Å². The number of carbonyl (C=O) groups is 1. The smallest absolute Gasteiger partial charge is 0.254 e. The zero-order chi connectivity index (χ0) is 13.8. The molecule has 1 N–H and O–H groups in total. The molecule has 98 valence electrons. The molecule has 0 heterocycles. The minimum atomic E-state index is -0.807. The van der Waals surface area contributed by atoms with Crippen LogP contribution in [0.1, 0.15) is 15.9 Å². The standard InChI is InChI=1S/C14H10F3NO/c15-10-3-1-2-9(6-10)8-18-14(19)12-7-11(16)4-5-13(12)17/h1-7H,8H2,(H,18,19). The first kappa shape index (κ1) is 13.1. The number of rotatable bonds is 3. The Balaban J connectivity index is 2.07. The van der Waals surface area contributed by atoms with Gasteiger partial charge in [-0.2, -0.15) is 0 Å². The van der Waals surface area contributed by atoms with Gasteiger partial charge in [0.05, 0.1) is 5.56 Å². The van der Waals surface area contributed by atoms with Crippen molar-refractivity contribution in [1.82, 2.24) is 5.32 Å². The molecule has 0 radical (unpaired) electrons. The molecule has 0 spiro atoms. The third kappa shape index (κ3) is 3.34. The second kappa shape index (κ2) is 5.56. The van der Waals surface area contributed by atoms with Crippen LogP contribution in [-0.4, -0.2) is 5.91 Å². The summed E-state index contributed by atoms with van der Waals surface area (Å²) in [5.41, 5.74) is 0.154. The predicted molar refractivity (Wildman–Crippen MR) is 63.9 cm³/mol. The Bertz CT molecular complexity index is 613. The van der Waals surface area contributed by atoms with E-state index in [4.69, 9.17) is 0 Å². The third-order valence-corrected chi connectivity index (χ3v) is 2.52. The fourth-order valence-electron chi connectivity index (χ4n) is 1.60. The fourth-order valence-corrected chi connectivity index (χ4v) is 1.60. The van der Waals surface area contributed by atoms with Gasteiger partial charge in [-0.1, -0.05) is 12.1 Å². The van der Waals surface area contributed by atoms with Gasteiger partial charge in [-0.25, -0.2) is 13.2 Å². The Morgan fingerprint density at radius 2 is 1.74 bits per heavy atom. The minimum absolute atomic E-state index is 0.0343. The van der Waals surface area contributed by atoms with Gasteiger partial charge in [-0.05, 0) is 35.9 Å². The van der Waals surface area contributed by atoms with Crippen LogP contribution >= 0.6 is 0 Å². The van der Waals surface area contributed by atoms with Crippen LogP contribution in [-0.2, 0) is 6.54 Å². The quantitative estimate of drug-likeness (QED) is 0.908. The maximum atomic E-state index is 13.3. The van der Waals surface area contributed by atoms with Crippen molar-refractivity contribution in [2.45, 2.75) is 6.54 Å². The molecule has 0 aliphatic rings. The zero-order valence-electron chi connectivity index (χ0n) is 9.79. The number of benzene rings is 2. The highest BCUT2D eigenvalue weighted by atomic mass is 19.1. The summed E-state index contributed by atoms with van der Waals surface area (Å²) < 4.78 is 39.2. The highest BCUT2D eigenvalue weighted by Gasteiger charge is 2.12. The van der Waals surface area contributed by atoms with Crippen LogP contribution in [0.4, 0.5) is 13.2 Å². The maximum Gasteiger partial charge on any atom is 0.254 e. The van der Waals surface area contributed by atoms with Gasteiger partial charge < -0.3 is 5.32 Å². The van der Waals surface area contributed by atoms with Crippen LogP contribution in [0.3, 0.4) is 0 Å². The molecule has 0 atom stereocenters. The fraction of sp³-hybridized carbons (Fsp3) is 0.0714. The molecule has 2 aromatic rings. The predicted octanol–water partition coefficient (Wildman–Crippen LogP) is 3.03. The summed E-state index contributed by atoms with van der Waals surface area (Å²) in [6, 6.07) is 8.27. The molecule has 2 rings (SSSR count). The second-order valence-electron chi connectivity index (χ2n) is 3.94. The van der Waals surface area contributed by atoms with Gasteiger partial charge in [0.2, 0.25) is 0 Å². The summed E-state index contributed by atoms with van der Waals surface area (Å²) in [5.74, 6) is -2.68. The number of amides is 1. The van der Waals surface area contributed by atoms with E-state index < -0.39 is 23.4 Å². The molecule has 0 unspecified atom stereocenters. The molecule has 5 heteroatoms. The van der Waals surface area contributed by atoms with E-state index in [0.717, 1.165) is 18.2 Å². The van der Waals surface area contributed by atoms with E-state index in [1.165, 1.54) is 18.2 Å². The van der Waals surface area contributed by atoms with Crippen molar-refractivity contribution < 1.29 is 18.0 Å². The lowest BCUT2D eigenvalue weighted by molar-refractivity contribution is 0.0946. The molecule has 0 bridgehead atoms. The van der Waals surface area contributed by atoms with E-state index in [1.54, 1.807) is 6.07 Å². The molecule has 0 saturated carbocycles. The van der Waals surface area contributed by atoms with Gasteiger partial charge >= 0.3 is 0 Å². The van der Waals surface area contributed by atoms with Crippen LogP contribution in [0, 0.1) is 17.5 Å². The Morgan fingerprint density at radius 3 is 2.47 bits per heavy atom. The first-order valence-corrected chi connectivity index (χ1v) is 5.54. The van der Waals surface area contributed by atoms with E-state index >= 15 is 0 Å². The summed E-state index contributed by atoms with van der Waals surface area (Å²) in [6.45, 7) is 0.0343. The lowest BCUT2D eigenvalue weighted by Crippen LogP contribution is -2.24. The zero-order valence-corrected chi connectivity index (χ0v) is 9.79. The van der Waals surface area contributed by atoms with Gasteiger partial charge in [0, 0.05) is 6.54 Å². The van der Waals surface area contributed by atoms with Crippen molar-refractivity contribution in [3.8, 4) is 0 Å². The van der Waals surface area contributed by atoms with Crippen LogP contribution < -0.4 is 5.32 Å². The van der Waals surface area contributed by atoms with Crippen LogP contribution in [0.2, 0.25) is 0 Å². The van der Waals surface area contributed by atoms with Gasteiger partial charge in [0.15, 0.2) is 0 Å². The number of hydrogen-bond acceptors (Lipinski definition) is 1. The molecule has 2 aromatic carbocycles. The van der Waals surface area contributed by atoms with E-state index in [2.05, 4.69) is 5.32 Å². The average molecular weight is 265 g/mol. The highest BCUT2D eigenvalue weighted by molar-refractivity contribution is 5.94. The molecule has 1 amide bonds. The monoisotopic (exact) mass is 265 g/mol. The largest absolute Gasteiger partial charge is 0.348 e. The van der Waals surface area contributed by atoms with Crippen molar-refractivity contribution >= 4 is 5.91 Å². The highest BCUT2D eigenvalue weighted by Crippen LogP contribution is 2.10. The molecule has 0 aromatic heterocycles. The van der Waals surface area contributed by atoms with Crippen molar-refractivity contribution in [3.63, 3.8) is 0 Å². The molecule has 2 nitrogen and oxygen atoms in total. The normalized spacial score (nSPS) is 10.3. The summed E-state index contributed by atoms with van der Waals surface area (Å²) >= 11 is 0. The average Bonchev–Trinajstić information content (AvgIpc) is 2.39. The number of carbonyl (C=O) groups excluding carboxylic acids is 1. The SMILES string of the molecule is O=C(NCc1cccc(F)c1)c1cc(F)ccc1F. The van der Waals surface area contributed by atoms with Gasteiger partial charge in [-0.15, -0.1) is 0 Å². The number of hydrogen-bond donors (Lipinski definition) is 1. The van der Waals surface area contributed by atoms with E-state index in [0.29, 0.717) is 5.56 Å². The lowest BCUT2D eigenvalue weighted by Gasteiger charge is -2.06. The Labute approximate surface area is 107 Å². The molecule has 0 saturated heterocycles. The van der Waals surface area contributed by atoms with Crippen LogP contribution in [0.25, 0.3) is 0 Å². The van der Waals surface area contributed by atoms with Crippen molar-refractivity contribution in [3.05, 3.63) is 71.0 Å². The van der Waals surface area contributed by atoms with Crippen molar-refractivity contribution in [2.75, 3.05) is 0 Å². The first-order valence-electron chi connectivity index (χ1n) is 5.54. The summed E-state index contributed by atoms with van der Waals surface area (Å²) in [5, 5.41) is 2.40. The van der Waals surface area contributed by atoms with Crippen molar-refractivity contribution in [2.24, 2.45) is 0 Å². The maximum absolute atomic E-state index is 13.3. The Hall–Kier alpha value is -2.30. The Morgan fingerprint density at radius 1 is 1.00 bits per heavy atom. The van der Waals surface area contributed by atoms with Crippen LogP contribution in [0.15, 0.2) is 42.5 Å². The minimum Gasteiger partial charge on any atom is -0.348 e. The number of nitrogens with one attached hydrogen (secondary N) is 1. The topological polar surface area (TPSA) is 29.1 Å². The van der Waals surface area contributed by atoms with E-state index in [1.807, 2.05) is 0 Å². The second-order valence-corrected chi connectivity index (χ2v) is 3.94. The summed E-state index contributed by atoms with van der Waals surface area (Å²) in [6.07, 6.45) is 0.